The van der Waals surface area contributed by atoms with E-state index in [1.165, 1.54) is 48.0 Å². The molecule has 3 heteroatoms. The average Bonchev–Trinajstić information content (AvgIpc) is 3.26. The molecule has 20 heavy (non-hydrogen) atoms. The second-order valence-electron chi connectivity index (χ2n) is 6.65. The quantitative estimate of drug-likeness (QED) is 0.797. The number of nitrogens with zero attached hydrogens (tertiary/aromatic N) is 1. The van der Waals surface area contributed by atoms with Crippen molar-refractivity contribution in [3.8, 4) is 0 Å². The molecule has 0 bridgehead atoms. The molecule has 0 aromatic heterocycles. The molecule has 2 fully saturated rings. The van der Waals surface area contributed by atoms with Gasteiger partial charge in [0.05, 0.1) is 5.69 Å². The van der Waals surface area contributed by atoms with Crippen molar-refractivity contribution in [2.24, 2.45) is 5.92 Å². The van der Waals surface area contributed by atoms with Crippen molar-refractivity contribution in [3.63, 3.8) is 0 Å². The SMILES string of the molecule is CC(C)NCc1ccc(N(CC2CC2)C2CC2)c(Br)c1. The third-order valence-corrected chi connectivity index (χ3v) is 4.81. The molecule has 0 amide bonds. The van der Waals surface area contributed by atoms with Crippen molar-refractivity contribution in [2.45, 2.75) is 58.2 Å². The lowest BCUT2D eigenvalue weighted by molar-refractivity contribution is 0.588. The van der Waals surface area contributed by atoms with Crippen molar-refractivity contribution in [3.05, 3.63) is 28.2 Å². The van der Waals surface area contributed by atoms with E-state index in [1.807, 2.05) is 0 Å². The van der Waals surface area contributed by atoms with Gasteiger partial charge < -0.3 is 10.2 Å². The number of benzene rings is 1. The highest BCUT2D eigenvalue weighted by Gasteiger charge is 2.34. The van der Waals surface area contributed by atoms with Gasteiger partial charge in [-0.1, -0.05) is 19.9 Å². The predicted molar refractivity (Wildman–Crippen MR) is 89.2 cm³/mol. The van der Waals surface area contributed by atoms with E-state index in [1.54, 1.807) is 0 Å². The van der Waals surface area contributed by atoms with Crippen LogP contribution in [0.2, 0.25) is 0 Å². The zero-order valence-electron chi connectivity index (χ0n) is 12.5. The summed E-state index contributed by atoms with van der Waals surface area (Å²) in [6, 6.07) is 8.20. The number of rotatable bonds is 7. The molecule has 0 saturated heterocycles. The molecule has 3 rings (SSSR count). The summed E-state index contributed by atoms with van der Waals surface area (Å²) < 4.78 is 1.26. The van der Waals surface area contributed by atoms with E-state index in [-0.39, 0.29) is 0 Å². The maximum atomic E-state index is 3.79. The molecule has 2 aliphatic rings. The molecular formula is C17H25BrN2. The van der Waals surface area contributed by atoms with Gasteiger partial charge in [0, 0.05) is 29.6 Å². The van der Waals surface area contributed by atoms with Gasteiger partial charge in [0.25, 0.3) is 0 Å². The lowest BCUT2D eigenvalue weighted by Gasteiger charge is -2.26. The third-order valence-electron chi connectivity index (χ3n) is 4.18. The minimum atomic E-state index is 0.534. The Morgan fingerprint density at radius 1 is 1.25 bits per heavy atom. The molecule has 0 aliphatic heterocycles. The van der Waals surface area contributed by atoms with Gasteiger partial charge in [-0.15, -0.1) is 0 Å². The van der Waals surface area contributed by atoms with Crippen LogP contribution in [0.5, 0.6) is 0 Å². The van der Waals surface area contributed by atoms with Crippen molar-refractivity contribution < 1.29 is 0 Å². The summed E-state index contributed by atoms with van der Waals surface area (Å²) in [4.78, 5) is 2.64. The van der Waals surface area contributed by atoms with Crippen molar-refractivity contribution in [2.75, 3.05) is 11.4 Å². The molecule has 0 radical (unpaired) electrons. The van der Waals surface area contributed by atoms with Crippen LogP contribution in [0.25, 0.3) is 0 Å². The summed E-state index contributed by atoms with van der Waals surface area (Å²) in [7, 11) is 0. The predicted octanol–water partition coefficient (Wildman–Crippen LogP) is 4.33. The Morgan fingerprint density at radius 2 is 2.00 bits per heavy atom. The molecule has 0 unspecified atom stereocenters. The van der Waals surface area contributed by atoms with Crippen LogP contribution < -0.4 is 10.2 Å². The third kappa shape index (κ3) is 3.76. The summed E-state index contributed by atoms with van der Waals surface area (Å²) in [5, 5.41) is 3.48. The zero-order chi connectivity index (χ0) is 14.1. The minimum Gasteiger partial charge on any atom is -0.367 e. The van der Waals surface area contributed by atoms with E-state index in [9.17, 15) is 0 Å². The largest absolute Gasteiger partial charge is 0.367 e. The normalized spacial score (nSPS) is 18.6. The molecular weight excluding hydrogens is 312 g/mol. The Bertz CT molecular complexity index is 464. The van der Waals surface area contributed by atoms with Crippen LogP contribution in [-0.2, 0) is 6.54 Å². The summed E-state index contributed by atoms with van der Waals surface area (Å²) in [5.74, 6) is 0.949. The fourth-order valence-corrected chi connectivity index (χ4v) is 3.28. The van der Waals surface area contributed by atoms with E-state index < -0.39 is 0 Å². The van der Waals surface area contributed by atoms with E-state index in [0.29, 0.717) is 6.04 Å². The van der Waals surface area contributed by atoms with Crippen molar-refractivity contribution in [1.82, 2.24) is 5.32 Å². The van der Waals surface area contributed by atoms with E-state index >= 15 is 0 Å². The Morgan fingerprint density at radius 3 is 2.55 bits per heavy atom. The van der Waals surface area contributed by atoms with Gasteiger partial charge in [0.1, 0.15) is 0 Å². The Hall–Kier alpha value is -0.540. The number of nitrogens with one attached hydrogen (secondary N) is 1. The van der Waals surface area contributed by atoms with Gasteiger partial charge in [0.15, 0.2) is 0 Å². The molecule has 0 spiro atoms. The second kappa shape index (κ2) is 6.07. The van der Waals surface area contributed by atoms with Crippen LogP contribution in [0.4, 0.5) is 5.69 Å². The maximum absolute atomic E-state index is 3.79. The topological polar surface area (TPSA) is 15.3 Å². The number of hydrogen-bond donors (Lipinski definition) is 1. The van der Waals surface area contributed by atoms with E-state index in [0.717, 1.165) is 18.5 Å². The van der Waals surface area contributed by atoms with Gasteiger partial charge in [-0.05, 0) is 65.2 Å². The fraction of sp³-hybridized carbons (Fsp3) is 0.647. The highest BCUT2D eigenvalue weighted by molar-refractivity contribution is 9.10. The number of halogens is 1. The summed E-state index contributed by atoms with van der Waals surface area (Å²) in [5.41, 5.74) is 2.75. The summed E-state index contributed by atoms with van der Waals surface area (Å²) >= 11 is 3.79. The van der Waals surface area contributed by atoms with Crippen LogP contribution in [0.1, 0.15) is 45.1 Å². The van der Waals surface area contributed by atoms with Crippen molar-refractivity contribution >= 4 is 21.6 Å². The monoisotopic (exact) mass is 336 g/mol. The Balaban J connectivity index is 1.71. The molecule has 110 valence electrons. The van der Waals surface area contributed by atoms with Gasteiger partial charge >= 0.3 is 0 Å². The Labute approximate surface area is 131 Å². The Kier molecular flexibility index (Phi) is 4.37. The molecule has 2 saturated carbocycles. The summed E-state index contributed by atoms with van der Waals surface area (Å²) in [6.07, 6.45) is 5.60. The average molecular weight is 337 g/mol. The summed E-state index contributed by atoms with van der Waals surface area (Å²) in [6.45, 7) is 6.58. The molecule has 2 nitrogen and oxygen atoms in total. The fourth-order valence-electron chi connectivity index (χ4n) is 2.62. The maximum Gasteiger partial charge on any atom is 0.0513 e. The van der Waals surface area contributed by atoms with Gasteiger partial charge in [-0.3, -0.25) is 0 Å². The van der Waals surface area contributed by atoms with E-state index in [2.05, 4.69) is 58.2 Å². The number of anilines is 1. The zero-order valence-corrected chi connectivity index (χ0v) is 14.1. The van der Waals surface area contributed by atoms with Gasteiger partial charge in [0.2, 0.25) is 0 Å². The molecule has 1 N–H and O–H groups in total. The first kappa shape index (κ1) is 14.4. The smallest absolute Gasteiger partial charge is 0.0513 e. The van der Waals surface area contributed by atoms with Crippen molar-refractivity contribution in [1.29, 1.82) is 0 Å². The van der Waals surface area contributed by atoms with Crippen LogP contribution >= 0.6 is 15.9 Å². The van der Waals surface area contributed by atoms with Crippen LogP contribution in [0.15, 0.2) is 22.7 Å². The molecule has 0 heterocycles. The standard InChI is InChI=1S/C17H25BrN2/c1-12(2)19-10-14-5-8-17(16(18)9-14)20(15-6-7-15)11-13-3-4-13/h5,8-9,12-13,15,19H,3-4,6-7,10-11H2,1-2H3. The van der Waals surface area contributed by atoms with Crippen LogP contribution in [0, 0.1) is 5.92 Å². The minimum absolute atomic E-state index is 0.534. The molecule has 2 aliphatic carbocycles. The second-order valence-corrected chi connectivity index (χ2v) is 7.50. The molecule has 1 aromatic rings. The highest BCUT2D eigenvalue weighted by Crippen LogP contribution is 2.40. The van der Waals surface area contributed by atoms with Crippen LogP contribution in [-0.4, -0.2) is 18.6 Å². The lowest BCUT2D eigenvalue weighted by Crippen LogP contribution is -2.28. The van der Waals surface area contributed by atoms with Gasteiger partial charge in [-0.25, -0.2) is 0 Å². The highest BCUT2D eigenvalue weighted by atomic mass is 79.9. The first-order chi connectivity index (χ1) is 9.63. The molecule has 0 atom stereocenters. The molecule has 1 aromatic carbocycles. The van der Waals surface area contributed by atoms with E-state index in [4.69, 9.17) is 0 Å². The van der Waals surface area contributed by atoms with Crippen LogP contribution in [0.3, 0.4) is 0 Å². The lowest BCUT2D eigenvalue weighted by atomic mass is 10.1. The number of hydrogen-bond acceptors (Lipinski definition) is 2. The first-order valence-corrected chi connectivity index (χ1v) is 8.71. The van der Waals surface area contributed by atoms with Gasteiger partial charge in [-0.2, -0.15) is 0 Å². The first-order valence-electron chi connectivity index (χ1n) is 7.92.